The molecule has 1 atom stereocenters. The molecule has 0 heterocycles. The second kappa shape index (κ2) is 7.64. The van der Waals surface area contributed by atoms with Crippen LogP contribution in [0.1, 0.15) is 74.5 Å². The van der Waals surface area contributed by atoms with Gasteiger partial charge < -0.3 is 5.32 Å². The van der Waals surface area contributed by atoms with Crippen molar-refractivity contribution in [2.45, 2.75) is 70.2 Å². The quantitative estimate of drug-likeness (QED) is 0.808. The predicted octanol–water partition coefficient (Wildman–Crippen LogP) is 3.79. The summed E-state index contributed by atoms with van der Waals surface area (Å²) in [4.78, 5) is 12.4. The molecule has 0 radical (unpaired) electrons. The molecule has 1 amide bonds. The van der Waals surface area contributed by atoms with Crippen LogP contribution in [-0.4, -0.2) is 25.9 Å². The largest absolute Gasteiger partial charge is 0.349 e. The molecular weight excluding hydrogens is 360 g/mol. The SMILES string of the molecule is C[C@H](c1ccc(C(=O)NC2CCCC2)c(Cl)c1)S(=O)(=O)NC(C)(C)C. The van der Waals surface area contributed by atoms with Crippen LogP contribution in [0.15, 0.2) is 18.2 Å². The van der Waals surface area contributed by atoms with Crippen molar-refractivity contribution in [2.24, 2.45) is 0 Å². The fourth-order valence-corrected chi connectivity index (χ4v) is 4.81. The minimum Gasteiger partial charge on any atom is -0.349 e. The van der Waals surface area contributed by atoms with E-state index in [2.05, 4.69) is 10.0 Å². The summed E-state index contributed by atoms with van der Waals surface area (Å²) in [6.45, 7) is 6.99. The minimum absolute atomic E-state index is 0.202. The number of rotatable bonds is 5. The van der Waals surface area contributed by atoms with Gasteiger partial charge in [-0.25, -0.2) is 13.1 Å². The molecule has 1 aliphatic carbocycles. The van der Waals surface area contributed by atoms with E-state index in [0.29, 0.717) is 11.1 Å². The zero-order chi connectivity index (χ0) is 18.8. The maximum Gasteiger partial charge on any atom is 0.253 e. The number of halogens is 1. The molecule has 0 saturated heterocycles. The Balaban J connectivity index is 2.16. The molecular formula is C18H27ClN2O3S. The van der Waals surface area contributed by atoms with Crippen molar-refractivity contribution in [1.29, 1.82) is 0 Å². The first-order valence-electron chi connectivity index (χ1n) is 8.63. The molecule has 2 N–H and O–H groups in total. The zero-order valence-corrected chi connectivity index (χ0v) is 16.8. The molecule has 1 aliphatic rings. The van der Waals surface area contributed by atoms with Crippen LogP contribution < -0.4 is 10.0 Å². The fourth-order valence-electron chi connectivity index (χ4n) is 3.00. The number of benzene rings is 1. The molecule has 7 heteroatoms. The van der Waals surface area contributed by atoms with Crippen LogP contribution in [0.3, 0.4) is 0 Å². The number of sulfonamides is 1. The number of amides is 1. The Kier molecular flexibility index (Phi) is 6.17. The van der Waals surface area contributed by atoms with E-state index < -0.39 is 20.8 Å². The third kappa shape index (κ3) is 5.43. The Bertz CT molecular complexity index is 735. The summed E-state index contributed by atoms with van der Waals surface area (Å²) in [6, 6.07) is 5.03. The van der Waals surface area contributed by atoms with Crippen LogP contribution in [0, 0.1) is 0 Å². The summed E-state index contributed by atoms with van der Waals surface area (Å²) >= 11 is 6.26. The van der Waals surface area contributed by atoms with Crippen molar-refractivity contribution in [2.75, 3.05) is 0 Å². The molecule has 1 saturated carbocycles. The van der Waals surface area contributed by atoms with Gasteiger partial charge in [0.25, 0.3) is 5.91 Å². The Hall–Kier alpha value is -1.11. The maximum absolute atomic E-state index is 12.5. The van der Waals surface area contributed by atoms with E-state index in [1.807, 2.05) is 0 Å². The highest BCUT2D eigenvalue weighted by Gasteiger charge is 2.28. The van der Waals surface area contributed by atoms with E-state index in [0.717, 1.165) is 25.7 Å². The highest BCUT2D eigenvalue weighted by Crippen LogP contribution is 2.27. The molecule has 0 aromatic heterocycles. The smallest absolute Gasteiger partial charge is 0.253 e. The summed E-state index contributed by atoms with van der Waals surface area (Å²) in [5.74, 6) is -0.202. The topological polar surface area (TPSA) is 75.3 Å². The number of carbonyl (C=O) groups is 1. The number of carbonyl (C=O) groups excluding carboxylic acids is 1. The third-order valence-electron chi connectivity index (χ3n) is 4.31. The molecule has 1 aromatic carbocycles. The van der Waals surface area contributed by atoms with Crippen LogP contribution in [0.4, 0.5) is 0 Å². The van der Waals surface area contributed by atoms with E-state index in [9.17, 15) is 13.2 Å². The van der Waals surface area contributed by atoms with E-state index in [1.165, 1.54) is 0 Å². The van der Waals surface area contributed by atoms with Gasteiger partial charge in [-0.1, -0.05) is 30.5 Å². The van der Waals surface area contributed by atoms with Gasteiger partial charge in [0.05, 0.1) is 15.8 Å². The van der Waals surface area contributed by atoms with Gasteiger partial charge in [0.1, 0.15) is 0 Å². The van der Waals surface area contributed by atoms with Crippen LogP contribution in [0.2, 0.25) is 5.02 Å². The normalized spacial score (nSPS) is 17.5. The monoisotopic (exact) mass is 386 g/mol. The highest BCUT2D eigenvalue weighted by atomic mass is 35.5. The average molecular weight is 387 g/mol. The van der Waals surface area contributed by atoms with Gasteiger partial charge in [0.2, 0.25) is 10.0 Å². The number of nitrogens with one attached hydrogen (secondary N) is 2. The summed E-state index contributed by atoms with van der Waals surface area (Å²) in [6.07, 6.45) is 4.26. The van der Waals surface area contributed by atoms with Gasteiger partial charge in [-0.2, -0.15) is 0 Å². The Labute approximate surface area is 155 Å². The summed E-state index contributed by atoms with van der Waals surface area (Å²) in [5, 5.41) is 2.49. The molecule has 1 aromatic rings. The first-order chi connectivity index (χ1) is 11.5. The summed E-state index contributed by atoms with van der Waals surface area (Å²) < 4.78 is 27.6. The van der Waals surface area contributed by atoms with Crippen LogP contribution in [-0.2, 0) is 10.0 Å². The molecule has 25 heavy (non-hydrogen) atoms. The van der Waals surface area contributed by atoms with Gasteiger partial charge in [-0.05, 0) is 58.2 Å². The second-order valence-corrected chi connectivity index (χ2v) is 10.1. The number of hydrogen-bond donors (Lipinski definition) is 2. The van der Waals surface area contributed by atoms with Gasteiger partial charge >= 0.3 is 0 Å². The molecule has 0 aliphatic heterocycles. The Morgan fingerprint density at radius 2 is 1.84 bits per heavy atom. The zero-order valence-electron chi connectivity index (χ0n) is 15.2. The fraction of sp³-hybridized carbons (Fsp3) is 0.611. The van der Waals surface area contributed by atoms with Gasteiger partial charge in [-0.15, -0.1) is 0 Å². The lowest BCUT2D eigenvalue weighted by molar-refractivity contribution is 0.0938. The maximum atomic E-state index is 12.5. The van der Waals surface area contributed by atoms with Gasteiger partial charge in [-0.3, -0.25) is 4.79 Å². The Morgan fingerprint density at radius 1 is 1.24 bits per heavy atom. The molecule has 1 fully saturated rings. The average Bonchev–Trinajstić information content (AvgIpc) is 2.96. The van der Waals surface area contributed by atoms with Crippen molar-refractivity contribution in [3.05, 3.63) is 34.3 Å². The first kappa shape index (κ1) is 20.2. The van der Waals surface area contributed by atoms with Crippen molar-refractivity contribution in [1.82, 2.24) is 10.0 Å². The molecule has 5 nitrogen and oxygen atoms in total. The minimum atomic E-state index is -3.55. The lowest BCUT2D eigenvalue weighted by Gasteiger charge is -2.24. The van der Waals surface area contributed by atoms with Gasteiger partial charge in [0, 0.05) is 11.6 Å². The number of hydrogen-bond acceptors (Lipinski definition) is 3. The standard InChI is InChI=1S/C18H27ClN2O3S/c1-12(25(23,24)21-18(2,3)4)13-9-10-15(16(19)11-13)17(22)20-14-7-5-6-8-14/h9-12,14,21H,5-8H2,1-4H3,(H,20,22)/t12-/m1/s1. The molecule has 0 unspecified atom stereocenters. The van der Waals surface area contributed by atoms with Crippen LogP contribution >= 0.6 is 11.6 Å². The summed E-state index contributed by atoms with van der Waals surface area (Å²) in [7, 11) is -3.55. The molecule has 2 rings (SSSR count). The van der Waals surface area contributed by atoms with Crippen LogP contribution in [0.25, 0.3) is 0 Å². The molecule has 140 valence electrons. The lowest BCUT2D eigenvalue weighted by atomic mass is 10.1. The van der Waals surface area contributed by atoms with Crippen molar-refractivity contribution >= 4 is 27.5 Å². The molecule has 0 bridgehead atoms. The summed E-state index contributed by atoms with van der Waals surface area (Å²) in [5.41, 5.74) is 0.378. The Morgan fingerprint density at radius 3 is 2.36 bits per heavy atom. The van der Waals surface area contributed by atoms with E-state index in [4.69, 9.17) is 11.6 Å². The third-order valence-corrected chi connectivity index (χ3v) is 6.72. The van der Waals surface area contributed by atoms with Gasteiger partial charge in [0.15, 0.2) is 0 Å². The van der Waals surface area contributed by atoms with E-state index >= 15 is 0 Å². The highest BCUT2D eigenvalue weighted by molar-refractivity contribution is 7.89. The van der Waals surface area contributed by atoms with Crippen molar-refractivity contribution in [3.8, 4) is 0 Å². The second-order valence-electron chi connectivity index (χ2n) is 7.73. The van der Waals surface area contributed by atoms with E-state index in [-0.39, 0.29) is 17.0 Å². The van der Waals surface area contributed by atoms with Crippen molar-refractivity contribution in [3.63, 3.8) is 0 Å². The molecule has 0 spiro atoms. The van der Waals surface area contributed by atoms with Crippen molar-refractivity contribution < 1.29 is 13.2 Å². The predicted molar refractivity (Wildman–Crippen MR) is 101 cm³/mol. The lowest BCUT2D eigenvalue weighted by Crippen LogP contribution is -2.42. The van der Waals surface area contributed by atoms with E-state index in [1.54, 1.807) is 45.9 Å². The van der Waals surface area contributed by atoms with Crippen LogP contribution in [0.5, 0.6) is 0 Å². The first-order valence-corrected chi connectivity index (χ1v) is 10.5.